The summed E-state index contributed by atoms with van der Waals surface area (Å²) >= 11 is 1.41. The summed E-state index contributed by atoms with van der Waals surface area (Å²) in [6, 6.07) is 22.9. The Morgan fingerprint density at radius 1 is 0.941 bits per heavy atom. The van der Waals surface area contributed by atoms with Crippen LogP contribution in [-0.2, 0) is 0 Å². The van der Waals surface area contributed by atoms with Gasteiger partial charge >= 0.3 is 0 Å². The van der Waals surface area contributed by atoms with E-state index in [1.165, 1.54) is 11.3 Å². The molecule has 3 aromatic carbocycles. The van der Waals surface area contributed by atoms with E-state index in [9.17, 15) is 4.79 Å². The highest BCUT2D eigenvalue weighted by Gasteiger charge is 2.16. The minimum atomic E-state index is -0.232. The molecule has 5 aromatic rings. The molecule has 0 radical (unpaired) electrons. The summed E-state index contributed by atoms with van der Waals surface area (Å²) in [7, 11) is 1.63. The van der Waals surface area contributed by atoms with Crippen molar-refractivity contribution in [1.29, 1.82) is 0 Å². The van der Waals surface area contributed by atoms with Gasteiger partial charge in [0, 0.05) is 10.9 Å². The second kappa shape index (κ2) is 9.49. The second-order valence-corrected chi connectivity index (χ2v) is 8.79. The van der Waals surface area contributed by atoms with Crippen LogP contribution in [0.3, 0.4) is 0 Å². The molecule has 0 aliphatic carbocycles. The van der Waals surface area contributed by atoms with Crippen molar-refractivity contribution < 1.29 is 14.3 Å². The van der Waals surface area contributed by atoms with E-state index in [4.69, 9.17) is 14.5 Å². The van der Waals surface area contributed by atoms with Crippen molar-refractivity contribution in [1.82, 2.24) is 9.97 Å². The van der Waals surface area contributed by atoms with Crippen molar-refractivity contribution in [3.8, 4) is 22.8 Å². The van der Waals surface area contributed by atoms with E-state index in [2.05, 4.69) is 17.2 Å². The lowest BCUT2D eigenvalue weighted by atomic mass is 10.0. The molecular weight excluding hydrogens is 446 g/mol. The van der Waals surface area contributed by atoms with Gasteiger partial charge in [0.15, 0.2) is 5.13 Å². The highest BCUT2D eigenvalue weighted by Crippen LogP contribution is 2.31. The Labute approximate surface area is 201 Å². The number of hydrogen-bond acceptors (Lipinski definition) is 6. The number of fused-ring (bicyclic) bond motifs is 2. The van der Waals surface area contributed by atoms with Gasteiger partial charge in [0.1, 0.15) is 11.5 Å². The number of nitrogens with zero attached hydrogens (tertiary/aromatic N) is 2. The first kappa shape index (κ1) is 21.9. The van der Waals surface area contributed by atoms with Crippen LogP contribution in [0.5, 0.6) is 11.5 Å². The third-order valence-electron chi connectivity index (χ3n) is 5.38. The van der Waals surface area contributed by atoms with Crippen molar-refractivity contribution in [3.63, 3.8) is 0 Å². The lowest BCUT2D eigenvalue weighted by molar-refractivity contribution is 0.102. The minimum Gasteiger partial charge on any atom is -0.497 e. The van der Waals surface area contributed by atoms with Crippen molar-refractivity contribution >= 4 is 43.5 Å². The maximum Gasteiger partial charge on any atom is 0.258 e. The summed E-state index contributed by atoms with van der Waals surface area (Å²) in [5.41, 5.74) is 3.70. The molecule has 0 aliphatic heterocycles. The Bertz CT molecular complexity index is 1500. The number of nitrogens with one attached hydrogen (secondary N) is 1. The van der Waals surface area contributed by atoms with Crippen molar-refractivity contribution in [2.24, 2.45) is 0 Å². The molecular formula is C27H23N3O3S. The Morgan fingerprint density at radius 3 is 2.68 bits per heavy atom. The lowest BCUT2D eigenvalue weighted by Crippen LogP contribution is -2.13. The summed E-state index contributed by atoms with van der Waals surface area (Å²) in [6.07, 6.45) is 0.932. The third kappa shape index (κ3) is 4.43. The molecule has 34 heavy (non-hydrogen) atoms. The predicted molar refractivity (Wildman–Crippen MR) is 137 cm³/mol. The Morgan fingerprint density at radius 2 is 1.82 bits per heavy atom. The molecule has 170 valence electrons. The van der Waals surface area contributed by atoms with Crippen LogP contribution >= 0.6 is 11.3 Å². The van der Waals surface area contributed by atoms with Gasteiger partial charge in [-0.05, 0) is 48.9 Å². The van der Waals surface area contributed by atoms with E-state index < -0.39 is 0 Å². The highest BCUT2D eigenvalue weighted by atomic mass is 32.1. The molecule has 5 rings (SSSR count). The predicted octanol–water partition coefficient (Wildman–Crippen LogP) is 6.56. The van der Waals surface area contributed by atoms with E-state index in [1.807, 2.05) is 72.8 Å². The fourth-order valence-corrected chi connectivity index (χ4v) is 4.62. The molecule has 0 atom stereocenters. The van der Waals surface area contributed by atoms with Crippen molar-refractivity contribution in [3.05, 3.63) is 78.4 Å². The smallest absolute Gasteiger partial charge is 0.258 e. The van der Waals surface area contributed by atoms with Crippen molar-refractivity contribution in [2.45, 2.75) is 13.3 Å². The van der Waals surface area contributed by atoms with Crippen LogP contribution in [-0.4, -0.2) is 29.6 Å². The standard InChI is InChI=1S/C27H23N3O3S/c1-3-13-33-19-8-6-7-17(14-19)24-16-21(20-9-4-5-10-22(20)28-24)26(31)30-27-29-23-12-11-18(32-2)15-25(23)34-27/h4-12,14-16H,3,13H2,1-2H3,(H,29,30,31). The van der Waals surface area contributed by atoms with E-state index >= 15 is 0 Å². The monoisotopic (exact) mass is 469 g/mol. The van der Waals surface area contributed by atoms with Gasteiger partial charge < -0.3 is 9.47 Å². The average Bonchev–Trinajstić information content (AvgIpc) is 3.28. The molecule has 0 saturated carbocycles. The first-order valence-electron chi connectivity index (χ1n) is 11.0. The number of carbonyl (C=O) groups excluding carboxylic acids is 1. The highest BCUT2D eigenvalue weighted by molar-refractivity contribution is 7.22. The molecule has 0 saturated heterocycles. The number of hydrogen-bond donors (Lipinski definition) is 1. The number of pyridine rings is 1. The van der Waals surface area contributed by atoms with Crippen LogP contribution in [0.4, 0.5) is 5.13 Å². The number of ether oxygens (including phenoxy) is 2. The number of thiazole rings is 1. The summed E-state index contributed by atoms with van der Waals surface area (Å²) in [6.45, 7) is 2.72. The van der Waals surface area contributed by atoms with Gasteiger partial charge in [-0.2, -0.15) is 0 Å². The molecule has 0 fully saturated rings. The van der Waals surface area contributed by atoms with Gasteiger partial charge in [-0.3, -0.25) is 10.1 Å². The van der Waals surface area contributed by atoms with Gasteiger partial charge in [-0.15, -0.1) is 0 Å². The van der Waals surface area contributed by atoms with Gasteiger partial charge in [-0.1, -0.05) is 48.6 Å². The third-order valence-corrected chi connectivity index (χ3v) is 6.31. The van der Waals surface area contributed by atoms with Gasteiger partial charge in [0.2, 0.25) is 0 Å². The van der Waals surface area contributed by atoms with E-state index in [0.717, 1.165) is 44.6 Å². The summed E-state index contributed by atoms with van der Waals surface area (Å²) < 4.78 is 12.0. The minimum absolute atomic E-state index is 0.232. The molecule has 2 heterocycles. The Kier molecular flexibility index (Phi) is 6.10. The average molecular weight is 470 g/mol. The number of para-hydroxylation sites is 1. The molecule has 0 bridgehead atoms. The topological polar surface area (TPSA) is 73.3 Å². The number of benzene rings is 3. The molecule has 0 aliphatic rings. The fraction of sp³-hybridized carbons (Fsp3) is 0.148. The number of amides is 1. The molecule has 0 unspecified atom stereocenters. The van der Waals surface area contributed by atoms with Gasteiger partial charge in [-0.25, -0.2) is 9.97 Å². The molecule has 1 amide bonds. The van der Waals surface area contributed by atoms with E-state index in [1.54, 1.807) is 7.11 Å². The zero-order valence-electron chi connectivity index (χ0n) is 18.9. The number of anilines is 1. The maximum absolute atomic E-state index is 13.4. The maximum atomic E-state index is 13.4. The number of carbonyl (C=O) groups is 1. The summed E-state index contributed by atoms with van der Waals surface area (Å²) in [5.74, 6) is 1.30. The first-order valence-corrected chi connectivity index (χ1v) is 11.8. The van der Waals surface area contributed by atoms with Crippen LogP contribution in [0.2, 0.25) is 0 Å². The zero-order chi connectivity index (χ0) is 23.5. The SMILES string of the molecule is CCCOc1cccc(-c2cc(C(=O)Nc3nc4ccc(OC)cc4s3)c3ccccc3n2)c1. The lowest BCUT2D eigenvalue weighted by Gasteiger charge is -2.11. The van der Waals surface area contributed by atoms with Crippen LogP contribution < -0.4 is 14.8 Å². The largest absolute Gasteiger partial charge is 0.497 e. The fourth-order valence-electron chi connectivity index (χ4n) is 3.73. The number of aromatic nitrogens is 2. The Hall–Kier alpha value is -3.97. The molecule has 0 spiro atoms. The van der Waals surface area contributed by atoms with Gasteiger partial charge in [0.25, 0.3) is 5.91 Å². The Balaban J connectivity index is 1.52. The molecule has 7 heteroatoms. The first-order chi connectivity index (χ1) is 16.6. The number of methoxy groups -OCH3 is 1. The van der Waals surface area contributed by atoms with Gasteiger partial charge in [0.05, 0.1) is 40.7 Å². The van der Waals surface area contributed by atoms with Crippen molar-refractivity contribution in [2.75, 3.05) is 19.0 Å². The van der Waals surface area contributed by atoms with Crippen LogP contribution in [0, 0.1) is 0 Å². The summed E-state index contributed by atoms with van der Waals surface area (Å²) in [4.78, 5) is 22.8. The normalized spacial score (nSPS) is 11.0. The van der Waals surface area contributed by atoms with Crippen LogP contribution in [0.1, 0.15) is 23.7 Å². The number of rotatable bonds is 7. The summed E-state index contributed by atoms with van der Waals surface area (Å²) in [5, 5.41) is 4.29. The van der Waals surface area contributed by atoms with E-state index in [-0.39, 0.29) is 5.91 Å². The van der Waals surface area contributed by atoms with Crippen LogP contribution in [0.15, 0.2) is 72.8 Å². The quantitative estimate of drug-likeness (QED) is 0.292. The molecule has 2 aromatic heterocycles. The molecule has 1 N–H and O–H groups in total. The zero-order valence-corrected chi connectivity index (χ0v) is 19.7. The second-order valence-electron chi connectivity index (χ2n) is 7.76. The molecule has 6 nitrogen and oxygen atoms in total. The van der Waals surface area contributed by atoms with Crippen LogP contribution in [0.25, 0.3) is 32.4 Å². The van der Waals surface area contributed by atoms with E-state index in [0.29, 0.717) is 23.0 Å².